The highest BCUT2D eigenvalue weighted by molar-refractivity contribution is 5.95. The lowest BCUT2D eigenvalue weighted by Gasteiger charge is -2.14. The number of carbonyl (C=O) groups is 3. The Bertz CT molecular complexity index is 552. The minimum Gasteiger partial charge on any atom is -0.478 e. The van der Waals surface area contributed by atoms with Crippen LogP contribution in [0.25, 0.3) is 6.08 Å². The Morgan fingerprint density at radius 3 is 2.62 bits per heavy atom. The van der Waals surface area contributed by atoms with E-state index >= 15 is 0 Å². The number of pyridine rings is 1. The lowest BCUT2D eigenvalue weighted by atomic mass is 10.2. The molecule has 112 valence electrons. The third kappa shape index (κ3) is 5.43. The molecule has 0 aliphatic rings. The summed E-state index contributed by atoms with van der Waals surface area (Å²) in [5, 5.41) is 11.0. The van der Waals surface area contributed by atoms with Crippen molar-refractivity contribution < 1.29 is 19.5 Å². The molecule has 0 aromatic carbocycles. The van der Waals surface area contributed by atoms with Crippen molar-refractivity contribution >= 4 is 23.9 Å². The third-order valence-corrected chi connectivity index (χ3v) is 2.74. The summed E-state index contributed by atoms with van der Waals surface area (Å²) in [5.74, 6) is -1.70. The Hall–Kier alpha value is -2.70. The van der Waals surface area contributed by atoms with E-state index in [0.29, 0.717) is 12.1 Å². The molecule has 1 aromatic rings. The molecule has 0 fully saturated rings. The molecular weight excluding hydrogens is 274 g/mol. The molecular formula is C14H17N3O4. The fraction of sp³-hybridized carbons (Fsp3) is 0.286. The van der Waals surface area contributed by atoms with Gasteiger partial charge in [-0.25, -0.2) is 4.79 Å². The predicted molar refractivity (Wildman–Crippen MR) is 76.6 cm³/mol. The zero-order chi connectivity index (χ0) is 15.8. The number of aliphatic carboxylic acids is 1. The molecule has 2 N–H and O–H groups in total. The number of nitrogens with zero attached hydrogens (tertiary/aromatic N) is 2. The van der Waals surface area contributed by atoms with Crippen LogP contribution in [0, 0.1) is 0 Å². The van der Waals surface area contributed by atoms with Crippen molar-refractivity contribution in [1.82, 2.24) is 15.2 Å². The summed E-state index contributed by atoms with van der Waals surface area (Å²) in [6.45, 7) is 2.31. The Morgan fingerprint density at radius 1 is 1.38 bits per heavy atom. The van der Waals surface area contributed by atoms with Gasteiger partial charge in [-0.1, -0.05) is 6.07 Å². The van der Waals surface area contributed by atoms with Crippen LogP contribution in [0.1, 0.15) is 23.0 Å². The summed E-state index contributed by atoms with van der Waals surface area (Å²) in [7, 11) is 1.65. The van der Waals surface area contributed by atoms with E-state index in [1.807, 2.05) is 6.92 Å². The number of hydrogen-bond acceptors (Lipinski definition) is 4. The Balaban J connectivity index is 2.59. The van der Waals surface area contributed by atoms with Crippen molar-refractivity contribution in [1.29, 1.82) is 0 Å². The Morgan fingerprint density at radius 2 is 2.10 bits per heavy atom. The minimum atomic E-state index is -1.06. The van der Waals surface area contributed by atoms with Crippen LogP contribution in [0.4, 0.5) is 0 Å². The molecule has 0 unspecified atom stereocenters. The van der Waals surface area contributed by atoms with Gasteiger partial charge < -0.3 is 15.3 Å². The van der Waals surface area contributed by atoms with E-state index in [2.05, 4.69) is 10.3 Å². The first-order chi connectivity index (χ1) is 9.93. The minimum absolute atomic E-state index is 0.0917. The van der Waals surface area contributed by atoms with Gasteiger partial charge in [0, 0.05) is 25.9 Å². The van der Waals surface area contributed by atoms with Gasteiger partial charge in [0.15, 0.2) is 0 Å². The standard InChI is InChI=1S/C14H17N3O4/c1-3-17(2)12(18)9-16-14(21)11-6-4-10(8-15-11)5-7-13(19)20/h4-8H,3,9H2,1-2H3,(H,16,21)(H,19,20)/b7-5+. The number of aromatic nitrogens is 1. The van der Waals surface area contributed by atoms with Crippen molar-refractivity contribution in [2.45, 2.75) is 6.92 Å². The lowest BCUT2D eigenvalue weighted by Crippen LogP contribution is -2.38. The molecule has 0 saturated carbocycles. The molecule has 0 bridgehead atoms. The summed E-state index contributed by atoms with van der Waals surface area (Å²) in [4.78, 5) is 39.1. The van der Waals surface area contributed by atoms with Crippen LogP contribution >= 0.6 is 0 Å². The van der Waals surface area contributed by atoms with Crippen molar-refractivity contribution in [3.8, 4) is 0 Å². The number of hydrogen-bond donors (Lipinski definition) is 2. The highest BCUT2D eigenvalue weighted by Crippen LogP contribution is 2.02. The average Bonchev–Trinajstić information content (AvgIpc) is 2.49. The molecule has 7 heteroatoms. The van der Waals surface area contributed by atoms with E-state index in [1.54, 1.807) is 13.1 Å². The van der Waals surface area contributed by atoms with E-state index in [-0.39, 0.29) is 18.1 Å². The second kappa shape index (κ2) is 7.78. The van der Waals surface area contributed by atoms with Gasteiger partial charge in [-0.15, -0.1) is 0 Å². The lowest BCUT2D eigenvalue weighted by molar-refractivity contribution is -0.131. The topological polar surface area (TPSA) is 99.6 Å². The maximum atomic E-state index is 11.8. The zero-order valence-electron chi connectivity index (χ0n) is 11.9. The molecule has 0 spiro atoms. The zero-order valence-corrected chi connectivity index (χ0v) is 11.9. The molecule has 21 heavy (non-hydrogen) atoms. The van der Waals surface area contributed by atoms with Crippen LogP contribution in [-0.2, 0) is 9.59 Å². The van der Waals surface area contributed by atoms with Crippen LogP contribution in [0.2, 0.25) is 0 Å². The number of amides is 2. The van der Waals surface area contributed by atoms with Gasteiger partial charge in [0.25, 0.3) is 5.91 Å². The average molecular weight is 291 g/mol. The van der Waals surface area contributed by atoms with Gasteiger partial charge in [-0.2, -0.15) is 0 Å². The first-order valence-electron chi connectivity index (χ1n) is 6.33. The van der Waals surface area contributed by atoms with Crippen LogP contribution < -0.4 is 5.32 Å². The second-order valence-corrected chi connectivity index (χ2v) is 4.24. The summed E-state index contributed by atoms with van der Waals surface area (Å²) in [5.41, 5.74) is 0.727. The van der Waals surface area contributed by atoms with Gasteiger partial charge in [-0.05, 0) is 24.6 Å². The molecule has 2 amide bonds. The number of rotatable bonds is 6. The van der Waals surface area contributed by atoms with E-state index in [4.69, 9.17) is 5.11 Å². The largest absolute Gasteiger partial charge is 0.478 e. The van der Waals surface area contributed by atoms with E-state index in [0.717, 1.165) is 6.08 Å². The molecule has 0 aliphatic heterocycles. The Kier molecular flexibility index (Phi) is 6.06. The number of carboxylic acids is 1. The van der Waals surface area contributed by atoms with Crippen LogP contribution in [0.3, 0.4) is 0 Å². The van der Waals surface area contributed by atoms with Crippen LogP contribution in [-0.4, -0.2) is 52.9 Å². The third-order valence-electron chi connectivity index (χ3n) is 2.74. The predicted octanol–water partition coefficient (Wildman–Crippen LogP) is 0.387. The molecule has 1 heterocycles. The second-order valence-electron chi connectivity index (χ2n) is 4.24. The molecule has 7 nitrogen and oxygen atoms in total. The molecule has 0 atom stereocenters. The SMILES string of the molecule is CCN(C)C(=O)CNC(=O)c1ccc(/C=C/C(=O)O)cn1. The van der Waals surface area contributed by atoms with Crippen LogP contribution in [0.15, 0.2) is 24.4 Å². The van der Waals surface area contributed by atoms with Crippen molar-refractivity contribution in [2.24, 2.45) is 0 Å². The van der Waals surface area contributed by atoms with Gasteiger partial charge in [0.2, 0.25) is 5.91 Å². The van der Waals surface area contributed by atoms with Crippen molar-refractivity contribution in [3.05, 3.63) is 35.7 Å². The Labute approximate surface area is 122 Å². The van der Waals surface area contributed by atoms with Gasteiger partial charge in [0.1, 0.15) is 5.69 Å². The van der Waals surface area contributed by atoms with E-state index in [9.17, 15) is 14.4 Å². The summed E-state index contributed by atoms with van der Waals surface area (Å²) < 4.78 is 0. The van der Waals surface area contributed by atoms with Crippen LogP contribution in [0.5, 0.6) is 0 Å². The number of carbonyl (C=O) groups excluding carboxylic acids is 2. The monoisotopic (exact) mass is 291 g/mol. The smallest absolute Gasteiger partial charge is 0.328 e. The maximum Gasteiger partial charge on any atom is 0.328 e. The molecule has 0 saturated heterocycles. The molecule has 1 rings (SSSR count). The molecule has 0 radical (unpaired) electrons. The van der Waals surface area contributed by atoms with E-state index < -0.39 is 11.9 Å². The first-order valence-corrected chi connectivity index (χ1v) is 6.33. The van der Waals surface area contributed by atoms with Gasteiger partial charge in [0.05, 0.1) is 6.54 Å². The quantitative estimate of drug-likeness (QED) is 0.738. The summed E-state index contributed by atoms with van der Waals surface area (Å²) in [6.07, 6.45) is 3.74. The van der Waals surface area contributed by atoms with Gasteiger partial charge in [-0.3, -0.25) is 14.6 Å². The fourth-order valence-corrected chi connectivity index (χ4v) is 1.36. The normalized spacial score (nSPS) is 10.4. The number of nitrogens with one attached hydrogen (secondary N) is 1. The van der Waals surface area contributed by atoms with Gasteiger partial charge >= 0.3 is 5.97 Å². The van der Waals surface area contributed by atoms with Crippen molar-refractivity contribution in [2.75, 3.05) is 20.1 Å². The number of likely N-dealkylation sites (N-methyl/N-ethyl adjacent to an activating group) is 1. The highest BCUT2D eigenvalue weighted by atomic mass is 16.4. The molecule has 0 aliphatic carbocycles. The summed E-state index contributed by atoms with van der Waals surface area (Å²) >= 11 is 0. The summed E-state index contributed by atoms with van der Waals surface area (Å²) in [6, 6.07) is 3.03. The number of carboxylic acid groups (broad SMARTS) is 1. The molecule has 1 aromatic heterocycles. The maximum absolute atomic E-state index is 11.8. The first kappa shape index (κ1) is 16.4. The fourth-order valence-electron chi connectivity index (χ4n) is 1.36. The van der Waals surface area contributed by atoms with Crippen molar-refractivity contribution in [3.63, 3.8) is 0 Å². The highest BCUT2D eigenvalue weighted by Gasteiger charge is 2.11. The van der Waals surface area contributed by atoms with E-state index in [1.165, 1.54) is 23.2 Å².